The lowest BCUT2D eigenvalue weighted by Gasteiger charge is -2.13. The van der Waals surface area contributed by atoms with Gasteiger partial charge in [-0.1, -0.05) is 24.3 Å². The Hall–Kier alpha value is -3.36. The average molecular weight is 411 g/mol. The van der Waals surface area contributed by atoms with Gasteiger partial charge in [0.2, 0.25) is 0 Å². The van der Waals surface area contributed by atoms with Gasteiger partial charge in [-0.2, -0.15) is 26.3 Å². The van der Waals surface area contributed by atoms with Crippen molar-refractivity contribution in [2.45, 2.75) is 12.4 Å². The van der Waals surface area contributed by atoms with Gasteiger partial charge in [-0.3, -0.25) is 4.98 Å². The number of carbonyl (C=O) groups is 1. The normalized spacial score (nSPS) is 12.1. The van der Waals surface area contributed by atoms with Crippen molar-refractivity contribution in [3.8, 4) is 22.4 Å². The molecule has 0 unspecified atom stereocenters. The summed E-state index contributed by atoms with van der Waals surface area (Å²) in [5.41, 5.74) is -1.16. The minimum atomic E-state index is -4.55. The molecule has 3 rings (SSSR count). The van der Waals surface area contributed by atoms with E-state index in [0.29, 0.717) is 0 Å². The smallest absolute Gasteiger partial charge is 0.416 e. The van der Waals surface area contributed by atoms with Crippen LogP contribution in [0, 0.1) is 0 Å². The molecule has 1 heterocycles. The minimum Gasteiger partial charge on any atom is -0.478 e. The predicted octanol–water partition coefficient (Wildman–Crippen LogP) is 6.15. The van der Waals surface area contributed by atoms with Crippen LogP contribution in [0.1, 0.15) is 21.5 Å². The Bertz CT molecular complexity index is 1040. The van der Waals surface area contributed by atoms with Gasteiger partial charge in [-0.05, 0) is 35.9 Å². The van der Waals surface area contributed by atoms with Crippen molar-refractivity contribution in [1.29, 1.82) is 0 Å². The van der Waals surface area contributed by atoms with Crippen LogP contribution >= 0.6 is 0 Å². The Morgan fingerprint density at radius 3 is 1.62 bits per heavy atom. The van der Waals surface area contributed by atoms with Crippen molar-refractivity contribution < 1.29 is 36.2 Å². The van der Waals surface area contributed by atoms with E-state index in [9.17, 15) is 36.2 Å². The lowest BCUT2D eigenvalue weighted by molar-refractivity contribution is -0.138. The molecule has 0 amide bonds. The number of rotatable bonds is 3. The summed E-state index contributed by atoms with van der Waals surface area (Å²) < 4.78 is 76.7. The average Bonchev–Trinajstić information content (AvgIpc) is 2.66. The molecule has 3 aromatic rings. The molecule has 9 heteroatoms. The van der Waals surface area contributed by atoms with Crippen molar-refractivity contribution in [3.63, 3.8) is 0 Å². The molecule has 0 atom stereocenters. The maximum Gasteiger partial charge on any atom is 0.416 e. The van der Waals surface area contributed by atoms with E-state index in [-0.39, 0.29) is 27.9 Å². The van der Waals surface area contributed by atoms with Crippen LogP contribution in [-0.2, 0) is 12.4 Å². The van der Waals surface area contributed by atoms with Crippen LogP contribution in [0.15, 0.2) is 60.8 Å². The van der Waals surface area contributed by atoms with Crippen LogP contribution in [0.25, 0.3) is 22.4 Å². The van der Waals surface area contributed by atoms with Crippen molar-refractivity contribution in [1.82, 2.24) is 4.98 Å². The van der Waals surface area contributed by atoms with Crippen molar-refractivity contribution in [3.05, 3.63) is 77.5 Å². The van der Waals surface area contributed by atoms with E-state index in [1.165, 1.54) is 18.2 Å². The quantitative estimate of drug-likeness (QED) is 0.526. The molecule has 29 heavy (non-hydrogen) atoms. The van der Waals surface area contributed by atoms with Crippen LogP contribution in [-0.4, -0.2) is 16.1 Å². The van der Waals surface area contributed by atoms with Crippen molar-refractivity contribution in [2.75, 3.05) is 0 Å². The maximum absolute atomic E-state index is 12.8. The van der Waals surface area contributed by atoms with Crippen molar-refractivity contribution >= 4 is 5.97 Å². The van der Waals surface area contributed by atoms with Crippen LogP contribution < -0.4 is 0 Å². The first-order valence-electron chi connectivity index (χ1n) is 8.05. The van der Waals surface area contributed by atoms with Gasteiger partial charge in [-0.15, -0.1) is 0 Å². The number of aromatic carboxylic acids is 1. The second kappa shape index (κ2) is 7.23. The Morgan fingerprint density at radius 1 is 0.759 bits per heavy atom. The molecule has 2 aromatic carbocycles. The topological polar surface area (TPSA) is 50.2 Å². The highest BCUT2D eigenvalue weighted by molar-refractivity contribution is 5.91. The minimum absolute atomic E-state index is 0.142. The molecule has 0 saturated carbocycles. The van der Waals surface area contributed by atoms with E-state index >= 15 is 0 Å². The van der Waals surface area contributed by atoms with Gasteiger partial charge < -0.3 is 5.11 Å². The van der Waals surface area contributed by atoms with Gasteiger partial charge in [0.15, 0.2) is 0 Å². The number of carboxylic acids is 1. The molecular formula is C20H11F6NO2. The summed E-state index contributed by atoms with van der Waals surface area (Å²) in [5.74, 6) is -1.30. The van der Waals surface area contributed by atoms with Gasteiger partial charge in [0, 0.05) is 17.3 Å². The summed E-state index contributed by atoms with van der Waals surface area (Å²) in [6, 6.07) is 9.21. The van der Waals surface area contributed by atoms with Crippen LogP contribution in [0.5, 0.6) is 0 Å². The number of carboxylic acid groups (broad SMARTS) is 1. The second-order valence-corrected chi connectivity index (χ2v) is 6.08. The van der Waals surface area contributed by atoms with Crippen LogP contribution in [0.4, 0.5) is 26.3 Å². The molecule has 0 aliphatic rings. The predicted molar refractivity (Wildman–Crippen MR) is 92.1 cm³/mol. The molecule has 0 radical (unpaired) electrons. The zero-order valence-electron chi connectivity index (χ0n) is 14.3. The molecule has 0 aliphatic carbocycles. The highest BCUT2D eigenvalue weighted by Gasteiger charge is 2.31. The maximum atomic E-state index is 12.8. The Kier molecular flexibility index (Phi) is 5.08. The summed E-state index contributed by atoms with van der Waals surface area (Å²) in [4.78, 5) is 15.3. The van der Waals surface area contributed by atoms with E-state index in [1.807, 2.05) is 0 Å². The van der Waals surface area contributed by atoms with Crippen LogP contribution in [0.3, 0.4) is 0 Å². The number of nitrogens with zero attached hydrogens (tertiary/aromatic N) is 1. The zero-order chi connectivity index (χ0) is 21.4. The Balaban J connectivity index is 2.12. The lowest BCUT2D eigenvalue weighted by Crippen LogP contribution is -2.05. The number of alkyl halides is 6. The van der Waals surface area contributed by atoms with E-state index in [2.05, 4.69) is 4.98 Å². The molecule has 1 aromatic heterocycles. The summed E-state index contributed by atoms with van der Waals surface area (Å²) in [7, 11) is 0. The van der Waals surface area contributed by atoms with E-state index in [0.717, 1.165) is 42.6 Å². The number of aromatic nitrogens is 1. The molecule has 0 spiro atoms. The number of pyridine rings is 1. The molecular weight excluding hydrogens is 400 g/mol. The molecule has 0 saturated heterocycles. The van der Waals surface area contributed by atoms with E-state index in [1.54, 1.807) is 0 Å². The van der Waals surface area contributed by atoms with Gasteiger partial charge in [-0.25, -0.2) is 4.79 Å². The SMILES string of the molecule is O=C(O)c1cnc(-c2ccc(C(F)(F)F)cc2)c(-c2ccc(C(F)(F)F)cc2)c1. The summed E-state index contributed by atoms with van der Waals surface area (Å²) in [5, 5.41) is 9.18. The third-order valence-electron chi connectivity index (χ3n) is 4.14. The van der Waals surface area contributed by atoms with E-state index < -0.39 is 29.4 Å². The third kappa shape index (κ3) is 4.39. The summed E-state index contributed by atoms with van der Waals surface area (Å²) in [6.45, 7) is 0. The Labute approximate surface area is 160 Å². The fourth-order valence-electron chi connectivity index (χ4n) is 2.69. The number of hydrogen-bond donors (Lipinski definition) is 1. The second-order valence-electron chi connectivity index (χ2n) is 6.08. The highest BCUT2D eigenvalue weighted by atomic mass is 19.4. The standard InChI is InChI=1S/C20H11F6NO2/c21-19(22,23)14-5-1-11(2-6-14)16-9-13(18(28)29)10-27-17(16)12-3-7-15(8-4-12)20(24,25)26/h1-10H,(H,28,29). The first-order valence-corrected chi connectivity index (χ1v) is 8.05. The van der Waals surface area contributed by atoms with Gasteiger partial charge in [0.25, 0.3) is 0 Å². The monoisotopic (exact) mass is 411 g/mol. The first kappa shape index (κ1) is 20.4. The van der Waals surface area contributed by atoms with Crippen molar-refractivity contribution in [2.24, 2.45) is 0 Å². The highest BCUT2D eigenvalue weighted by Crippen LogP contribution is 2.36. The zero-order valence-corrected chi connectivity index (χ0v) is 14.3. The lowest BCUT2D eigenvalue weighted by atomic mass is 9.96. The fourth-order valence-corrected chi connectivity index (χ4v) is 2.69. The summed E-state index contributed by atoms with van der Waals surface area (Å²) in [6.07, 6.45) is -8.05. The Morgan fingerprint density at radius 2 is 1.21 bits per heavy atom. The molecule has 1 N–H and O–H groups in total. The first-order chi connectivity index (χ1) is 13.5. The number of halogens is 6. The fraction of sp³-hybridized carbons (Fsp3) is 0.100. The van der Waals surface area contributed by atoms with Crippen LogP contribution in [0.2, 0.25) is 0 Å². The van der Waals surface area contributed by atoms with Gasteiger partial charge in [0.05, 0.1) is 22.4 Å². The molecule has 0 aliphatic heterocycles. The van der Waals surface area contributed by atoms with E-state index in [4.69, 9.17) is 0 Å². The largest absolute Gasteiger partial charge is 0.478 e. The molecule has 3 nitrogen and oxygen atoms in total. The number of hydrogen-bond acceptors (Lipinski definition) is 2. The third-order valence-corrected chi connectivity index (χ3v) is 4.14. The molecule has 0 fully saturated rings. The van der Waals surface area contributed by atoms with Gasteiger partial charge in [0.1, 0.15) is 0 Å². The van der Waals surface area contributed by atoms with Gasteiger partial charge >= 0.3 is 18.3 Å². The number of benzene rings is 2. The molecule has 150 valence electrons. The molecule has 0 bridgehead atoms. The summed E-state index contributed by atoms with van der Waals surface area (Å²) >= 11 is 0.